The molecule has 6 atom stereocenters. The predicted octanol–water partition coefficient (Wildman–Crippen LogP) is 4.55. The van der Waals surface area contributed by atoms with Crippen molar-refractivity contribution < 1.29 is 14.9 Å². The number of aromatic hydroxyl groups is 1. The van der Waals surface area contributed by atoms with Crippen LogP contribution in [-0.4, -0.2) is 29.5 Å². The number of benzene rings is 2. The van der Waals surface area contributed by atoms with Gasteiger partial charge in [0, 0.05) is 6.04 Å². The molecular weight excluding hydrogens is 374 g/mol. The molecule has 3 aliphatic rings. The van der Waals surface area contributed by atoms with E-state index in [9.17, 15) is 5.11 Å². The maximum absolute atomic E-state index is 10.6. The number of hydrogen-bond acceptors (Lipinski definition) is 4. The average molecular weight is 410 g/mol. The number of rotatable bonds is 1. The third-order valence-electron chi connectivity index (χ3n) is 8.09. The van der Waals surface area contributed by atoms with E-state index in [-0.39, 0.29) is 17.6 Å². The summed E-state index contributed by atoms with van der Waals surface area (Å²) < 4.78 is 5.38. The van der Waals surface area contributed by atoms with Crippen molar-refractivity contribution in [1.29, 1.82) is 0 Å². The first-order valence-corrected chi connectivity index (χ1v) is 11.2. The molecule has 0 aromatic heterocycles. The molecule has 3 aliphatic carbocycles. The van der Waals surface area contributed by atoms with Gasteiger partial charge in [-0.05, 0) is 97.1 Å². The zero-order valence-electron chi connectivity index (χ0n) is 18.3. The standard InChI is InChI=1S/C19H27NO2.C7H8O/c1-19-8-7-14-13-6-4-12(22-2)9-11(13)3-5-15(14)16(19)10-17(20)18(19)21;1-6-4-2-3-5-7(6)8/h4,6,9,14-18,21H,3,5,7-8,10,20H2,1-2H3;2-5,8H,1H3/t14?,15?,16?,17?,18?,19-;/m1./s1. The summed E-state index contributed by atoms with van der Waals surface area (Å²) >= 11 is 0. The Balaban J connectivity index is 0.000000230. The van der Waals surface area contributed by atoms with Crippen molar-refractivity contribution >= 4 is 0 Å². The van der Waals surface area contributed by atoms with E-state index in [0.717, 1.165) is 30.6 Å². The summed E-state index contributed by atoms with van der Waals surface area (Å²) in [6, 6.07) is 13.8. The molecule has 2 aromatic carbocycles. The van der Waals surface area contributed by atoms with Crippen LogP contribution in [0.1, 0.15) is 55.2 Å². The van der Waals surface area contributed by atoms with Crippen LogP contribution in [0.25, 0.3) is 0 Å². The molecule has 4 heteroatoms. The topological polar surface area (TPSA) is 75.7 Å². The second kappa shape index (κ2) is 8.24. The number of aliphatic hydroxyl groups excluding tert-OH is 1. The predicted molar refractivity (Wildman–Crippen MR) is 120 cm³/mol. The molecule has 0 saturated heterocycles. The minimum Gasteiger partial charge on any atom is -0.508 e. The van der Waals surface area contributed by atoms with Crippen molar-refractivity contribution in [1.82, 2.24) is 0 Å². The highest BCUT2D eigenvalue weighted by Gasteiger charge is 2.57. The molecule has 0 amide bonds. The van der Waals surface area contributed by atoms with E-state index < -0.39 is 0 Å². The summed E-state index contributed by atoms with van der Waals surface area (Å²) in [5.41, 5.74) is 10.2. The molecule has 0 radical (unpaired) electrons. The minimum atomic E-state index is -0.323. The molecule has 30 heavy (non-hydrogen) atoms. The van der Waals surface area contributed by atoms with Crippen LogP contribution in [0.15, 0.2) is 42.5 Å². The Morgan fingerprint density at radius 3 is 2.57 bits per heavy atom. The van der Waals surface area contributed by atoms with Crippen molar-refractivity contribution in [2.24, 2.45) is 23.0 Å². The first kappa shape index (κ1) is 21.2. The monoisotopic (exact) mass is 409 g/mol. The summed E-state index contributed by atoms with van der Waals surface area (Å²) in [4.78, 5) is 0. The molecule has 162 valence electrons. The smallest absolute Gasteiger partial charge is 0.119 e. The fourth-order valence-electron chi connectivity index (χ4n) is 6.32. The number of hydrogen-bond donors (Lipinski definition) is 3. The maximum atomic E-state index is 10.6. The first-order chi connectivity index (χ1) is 14.3. The number of fused-ring (bicyclic) bond motifs is 5. The lowest BCUT2D eigenvalue weighted by Gasteiger charge is -2.50. The lowest BCUT2D eigenvalue weighted by molar-refractivity contribution is -0.0256. The number of nitrogens with two attached hydrogens (primary N) is 1. The summed E-state index contributed by atoms with van der Waals surface area (Å²) in [5, 5.41) is 19.5. The number of phenolic OH excluding ortho intramolecular Hbond substituents is 1. The fourth-order valence-corrected chi connectivity index (χ4v) is 6.32. The van der Waals surface area contributed by atoms with Crippen LogP contribution in [-0.2, 0) is 6.42 Å². The molecule has 0 heterocycles. The van der Waals surface area contributed by atoms with Gasteiger partial charge in [-0.15, -0.1) is 0 Å². The van der Waals surface area contributed by atoms with Crippen LogP contribution in [0.4, 0.5) is 0 Å². The van der Waals surface area contributed by atoms with E-state index in [1.807, 2.05) is 25.1 Å². The normalized spacial score (nSPS) is 34.1. The summed E-state index contributed by atoms with van der Waals surface area (Å²) in [6.45, 7) is 4.14. The second-order valence-corrected chi connectivity index (χ2v) is 9.66. The summed E-state index contributed by atoms with van der Waals surface area (Å²) in [7, 11) is 1.74. The van der Waals surface area contributed by atoms with E-state index in [0.29, 0.717) is 23.5 Å². The Kier molecular flexibility index (Phi) is 5.82. The third kappa shape index (κ3) is 3.61. The van der Waals surface area contributed by atoms with Crippen LogP contribution >= 0.6 is 0 Å². The van der Waals surface area contributed by atoms with E-state index in [1.165, 1.54) is 24.0 Å². The van der Waals surface area contributed by atoms with Crippen molar-refractivity contribution in [3.05, 3.63) is 59.2 Å². The van der Waals surface area contributed by atoms with Crippen LogP contribution in [0.5, 0.6) is 11.5 Å². The van der Waals surface area contributed by atoms with Gasteiger partial charge < -0.3 is 20.7 Å². The van der Waals surface area contributed by atoms with Crippen LogP contribution in [0.2, 0.25) is 0 Å². The number of phenols is 1. The van der Waals surface area contributed by atoms with Gasteiger partial charge in [0.05, 0.1) is 13.2 Å². The molecule has 2 saturated carbocycles. The number of aliphatic hydroxyl groups is 1. The zero-order valence-corrected chi connectivity index (χ0v) is 18.3. The highest BCUT2D eigenvalue weighted by atomic mass is 16.5. The van der Waals surface area contributed by atoms with Gasteiger partial charge in [0.25, 0.3) is 0 Å². The molecule has 0 spiro atoms. The molecular formula is C26H35NO3. The van der Waals surface area contributed by atoms with E-state index in [1.54, 1.807) is 13.2 Å². The second-order valence-electron chi connectivity index (χ2n) is 9.66. The van der Waals surface area contributed by atoms with Crippen LogP contribution in [0.3, 0.4) is 0 Å². The van der Waals surface area contributed by atoms with Crippen molar-refractivity contribution in [2.75, 3.05) is 7.11 Å². The van der Waals surface area contributed by atoms with Gasteiger partial charge in [-0.25, -0.2) is 0 Å². The molecule has 4 N–H and O–H groups in total. The Labute approximate surface area is 180 Å². The average Bonchev–Trinajstić information content (AvgIpc) is 2.99. The number of para-hydroxylation sites is 1. The highest BCUT2D eigenvalue weighted by molar-refractivity contribution is 5.40. The van der Waals surface area contributed by atoms with E-state index in [2.05, 4.69) is 25.1 Å². The molecule has 4 nitrogen and oxygen atoms in total. The number of methoxy groups -OCH3 is 1. The Morgan fingerprint density at radius 2 is 1.90 bits per heavy atom. The molecule has 0 aliphatic heterocycles. The minimum absolute atomic E-state index is 0.0323. The zero-order chi connectivity index (χ0) is 21.5. The Morgan fingerprint density at radius 1 is 1.13 bits per heavy atom. The number of aryl methyl sites for hydroxylation is 2. The lowest BCUT2D eigenvalue weighted by atomic mass is 9.55. The Hall–Kier alpha value is -2.04. The quantitative estimate of drug-likeness (QED) is 0.646. The number of ether oxygens (including phenoxy) is 1. The van der Waals surface area contributed by atoms with Gasteiger partial charge in [0.2, 0.25) is 0 Å². The molecule has 2 aromatic rings. The lowest BCUT2D eigenvalue weighted by Crippen LogP contribution is -2.45. The molecule has 5 rings (SSSR count). The third-order valence-corrected chi connectivity index (χ3v) is 8.09. The largest absolute Gasteiger partial charge is 0.508 e. The van der Waals surface area contributed by atoms with Crippen molar-refractivity contribution in [3.63, 3.8) is 0 Å². The maximum Gasteiger partial charge on any atom is 0.119 e. The van der Waals surface area contributed by atoms with Gasteiger partial charge >= 0.3 is 0 Å². The fraction of sp³-hybridized carbons (Fsp3) is 0.538. The molecule has 0 bridgehead atoms. The van der Waals surface area contributed by atoms with Crippen LogP contribution in [0, 0.1) is 24.2 Å². The van der Waals surface area contributed by atoms with Crippen molar-refractivity contribution in [3.8, 4) is 11.5 Å². The summed E-state index contributed by atoms with van der Waals surface area (Å²) in [5.74, 6) is 3.24. The molecule has 2 fully saturated rings. The van der Waals surface area contributed by atoms with Gasteiger partial charge in [-0.3, -0.25) is 0 Å². The van der Waals surface area contributed by atoms with Crippen molar-refractivity contribution in [2.45, 2.75) is 64.0 Å². The van der Waals surface area contributed by atoms with Gasteiger partial charge in [0.15, 0.2) is 0 Å². The van der Waals surface area contributed by atoms with Gasteiger partial charge in [-0.2, -0.15) is 0 Å². The SMILES string of the molecule is COc1ccc2c(c1)CCC1C2CC[C@@]2(C)C(O)C(N)CC12.Cc1ccccc1O. The Bertz CT molecular complexity index is 877. The van der Waals surface area contributed by atoms with Gasteiger partial charge in [-0.1, -0.05) is 31.2 Å². The molecule has 5 unspecified atom stereocenters. The van der Waals surface area contributed by atoms with Crippen LogP contribution < -0.4 is 10.5 Å². The van der Waals surface area contributed by atoms with Gasteiger partial charge in [0.1, 0.15) is 11.5 Å². The van der Waals surface area contributed by atoms with E-state index >= 15 is 0 Å². The first-order valence-electron chi connectivity index (χ1n) is 11.2. The summed E-state index contributed by atoms with van der Waals surface area (Å²) in [6.07, 6.45) is 5.30. The highest BCUT2D eigenvalue weighted by Crippen LogP contribution is 2.60. The van der Waals surface area contributed by atoms with E-state index in [4.69, 9.17) is 15.6 Å².